The smallest absolute Gasteiger partial charge is 0.213 e. The van der Waals surface area contributed by atoms with E-state index in [-0.39, 0.29) is 5.92 Å². The Kier molecular flexibility index (Phi) is 3.67. The van der Waals surface area contributed by atoms with E-state index in [0.717, 1.165) is 27.5 Å². The average molecular weight is 294 g/mol. The summed E-state index contributed by atoms with van der Waals surface area (Å²) in [6.45, 7) is 3.74. The third kappa shape index (κ3) is 2.48. The number of carboxylic acid groups (broad SMARTS) is 1. The number of anilines is 1. The second-order valence-electron chi connectivity index (χ2n) is 5.78. The summed E-state index contributed by atoms with van der Waals surface area (Å²) in [5, 5.41) is 16.5. The maximum absolute atomic E-state index is 11.4. The maximum atomic E-state index is 11.4. The van der Waals surface area contributed by atoms with Gasteiger partial charge in [-0.3, -0.25) is 0 Å². The van der Waals surface area contributed by atoms with Gasteiger partial charge in [0.25, 0.3) is 0 Å². The molecule has 3 aromatic rings. The van der Waals surface area contributed by atoms with Gasteiger partial charge in [0.2, 0.25) is 11.0 Å². The van der Waals surface area contributed by atoms with Gasteiger partial charge >= 0.3 is 0 Å². The minimum Gasteiger partial charge on any atom is -0.548 e. The molecule has 0 unspecified atom stereocenters. The van der Waals surface area contributed by atoms with Crippen molar-refractivity contribution in [2.24, 2.45) is 5.92 Å². The van der Waals surface area contributed by atoms with Gasteiger partial charge in [-0.15, -0.1) is 0 Å². The van der Waals surface area contributed by atoms with Crippen LogP contribution in [0, 0.1) is 5.92 Å². The third-order valence-corrected chi connectivity index (χ3v) is 3.88. The molecule has 22 heavy (non-hydrogen) atoms. The molecule has 0 aliphatic carbocycles. The van der Waals surface area contributed by atoms with Gasteiger partial charge in [-0.05, 0) is 18.1 Å². The van der Waals surface area contributed by atoms with Crippen molar-refractivity contribution in [3.8, 4) is 0 Å². The van der Waals surface area contributed by atoms with Crippen molar-refractivity contribution in [2.45, 2.75) is 19.9 Å². The number of aromatic amines is 1. The zero-order chi connectivity index (χ0) is 15.7. The summed E-state index contributed by atoms with van der Waals surface area (Å²) in [5.74, 6) is -1.16. The Labute approximate surface area is 128 Å². The Bertz CT molecular complexity index is 789. The SMILES string of the molecule is CC(C)[C@H](Nc1c2ccccc2[nH+]c2ccccc12)C(=O)[O-]. The summed E-state index contributed by atoms with van der Waals surface area (Å²) in [6.07, 6.45) is 0. The molecule has 3 rings (SSSR count). The number of carbonyl (C=O) groups excluding carboxylic acids is 1. The lowest BCUT2D eigenvalue weighted by Crippen LogP contribution is -2.44. The molecule has 0 bridgehead atoms. The Morgan fingerprint density at radius 1 is 1.00 bits per heavy atom. The molecule has 0 saturated heterocycles. The zero-order valence-electron chi connectivity index (χ0n) is 12.6. The van der Waals surface area contributed by atoms with Crippen LogP contribution in [0.25, 0.3) is 21.8 Å². The summed E-state index contributed by atoms with van der Waals surface area (Å²) < 4.78 is 0. The number of H-pyrrole nitrogens is 1. The van der Waals surface area contributed by atoms with E-state index < -0.39 is 12.0 Å². The molecular weight excluding hydrogens is 276 g/mol. The minimum atomic E-state index is -1.09. The molecule has 0 fully saturated rings. The van der Waals surface area contributed by atoms with Crippen LogP contribution < -0.4 is 15.4 Å². The molecule has 1 atom stereocenters. The Morgan fingerprint density at radius 2 is 1.50 bits per heavy atom. The number of benzene rings is 2. The van der Waals surface area contributed by atoms with E-state index >= 15 is 0 Å². The third-order valence-electron chi connectivity index (χ3n) is 3.88. The van der Waals surface area contributed by atoms with Crippen molar-refractivity contribution in [1.29, 1.82) is 0 Å². The fourth-order valence-corrected chi connectivity index (χ4v) is 2.72. The van der Waals surface area contributed by atoms with E-state index in [1.165, 1.54) is 0 Å². The van der Waals surface area contributed by atoms with Gasteiger partial charge in [0.1, 0.15) is 0 Å². The fraction of sp³-hybridized carbons (Fsp3) is 0.222. The highest BCUT2D eigenvalue weighted by Gasteiger charge is 2.19. The summed E-state index contributed by atoms with van der Waals surface area (Å²) in [5.41, 5.74) is 2.75. The standard InChI is InChI=1S/C18H18N2O2/c1-11(2)16(18(21)22)20-17-12-7-3-5-9-14(12)19-15-10-6-4-8-13(15)17/h3-11,16H,1-2H3,(H,19,20)(H,21,22)/t16-/m0/s1. The number of para-hydroxylation sites is 2. The Balaban J connectivity index is 2.26. The van der Waals surface area contributed by atoms with Gasteiger partial charge in [0.05, 0.1) is 28.5 Å². The van der Waals surface area contributed by atoms with Gasteiger partial charge in [0.15, 0.2) is 0 Å². The van der Waals surface area contributed by atoms with E-state index in [1.54, 1.807) is 0 Å². The van der Waals surface area contributed by atoms with Crippen molar-refractivity contribution in [2.75, 3.05) is 5.32 Å². The van der Waals surface area contributed by atoms with E-state index in [9.17, 15) is 9.90 Å². The topological polar surface area (TPSA) is 66.3 Å². The first kappa shape index (κ1) is 14.3. The van der Waals surface area contributed by atoms with E-state index in [2.05, 4.69) is 10.3 Å². The first-order valence-corrected chi connectivity index (χ1v) is 7.38. The maximum Gasteiger partial charge on any atom is 0.213 e. The van der Waals surface area contributed by atoms with E-state index in [0.29, 0.717) is 0 Å². The van der Waals surface area contributed by atoms with Crippen LogP contribution in [0.5, 0.6) is 0 Å². The molecule has 4 nitrogen and oxygen atoms in total. The summed E-state index contributed by atoms with van der Waals surface area (Å²) in [4.78, 5) is 14.8. The van der Waals surface area contributed by atoms with Crippen molar-refractivity contribution < 1.29 is 14.9 Å². The second-order valence-corrected chi connectivity index (χ2v) is 5.78. The fourth-order valence-electron chi connectivity index (χ4n) is 2.72. The van der Waals surface area contributed by atoms with Crippen LogP contribution >= 0.6 is 0 Å². The summed E-state index contributed by atoms with van der Waals surface area (Å²) >= 11 is 0. The normalized spacial score (nSPS) is 12.7. The van der Waals surface area contributed by atoms with Crippen LogP contribution in [-0.4, -0.2) is 12.0 Å². The number of aliphatic carboxylic acids is 1. The van der Waals surface area contributed by atoms with Crippen LogP contribution in [0.2, 0.25) is 0 Å². The molecule has 0 spiro atoms. The number of carboxylic acids is 1. The molecular formula is C18H18N2O2. The van der Waals surface area contributed by atoms with E-state index in [4.69, 9.17) is 0 Å². The van der Waals surface area contributed by atoms with Crippen molar-refractivity contribution in [3.63, 3.8) is 0 Å². The number of pyridine rings is 1. The molecule has 4 heteroatoms. The largest absolute Gasteiger partial charge is 0.548 e. The van der Waals surface area contributed by atoms with Crippen LogP contribution in [0.3, 0.4) is 0 Å². The highest BCUT2D eigenvalue weighted by Crippen LogP contribution is 2.29. The van der Waals surface area contributed by atoms with Crippen LogP contribution in [0.1, 0.15) is 13.8 Å². The molecule has 0 radical (unpaired) electrons. The summed E-state index contributed by atoms with van der Waals surface area (Å²) in [7, 11) is 0. The first-order valence-electron chi connectivity index (χ1n) is 7.38. The molecule has 0 amide bonds. The number of aromatic nitrogens is 1. The monoisotopic (exact) mass is 294 g/mol. The molecule has 1 aromatic heterocycles. The van der Waals surface area contributed by atoms with Crippen LogP contribution in [0.15, 0.2) is 48.5 Å². The Morgan fingerprint density at radius 3 is 1.95 bits per heavy atom. The van der Waals surface area contributed by atoms with Gasteiger partial charge in [-0.25, -0.2) is 4.98 Å². The molecule has 1 heterocycles. The van der Waals surface area contributed by atoms with Crippen LogP contribution in [-0.2, 0) is 4.79 Å². The number of carbonyl (C=O) groups is 1. The quantitative estimate of drug-likeness (QED) is 0.748. The number of nitrogens with one attached hydrogen (secondary N) is 2. The highest BCUT2D eigenvalue weighted by molar-refractivity contribution is 6.05. The predicted octanol–water partition coefficient (Wildman–Crippen LogP) is 1.99. The van der Waals surface area contributed by atoms with Gasteiger partial charge in [0, 0.05) is 12.1 Å². The molecule has 0 aliphatic heterocycles. The molecule has 2 N–H and O–H groups in total. The highest BCUT2D eigenvalue weighted by atomic mass is 16.4. The lowest BCUT2D eigenvalue weighted by molar-refractivity contribution is -0.310. The van der Waals surface area contributed by atoms with Crippen molar-refractivity contribution >= 4 is 33.5 Å². The molecule has 2 aromatic carbocycles. The predicted molar refractivity (Wildman–Crippen MR) is 85.3 cm³/mol. The number of hydrogen-bond donors (Lipinski definition) is 1. The second kappa shape index (κ2) is 5.64. The van der Waals surface area contributed by atoms with Gasteiger partial charge in [-0.1, -0.05) is 38.1 Å². The lowest BCUT2D eigenvalue weighted by Gasteiger charge is -2.25. The Hall–Kier alpha value is -2.62. The molecule has 0 saturated carbocycles. The average Bonchev–Trinajstić information content (AvgIpc) is 2.50. The zero-order valence-corrected chi connectivity index (χ0v) is 12.6. The number of hydrogen-bond acceptors (Lipinski definition) is 3. The number of fused-ring (bicyclic) bond motifs is 2. The lowest BCUT2D eigenvalue weighted by atomic mass is 10.0. The van der Waals surface area contributed by atoms with Gasteiger partial charge in [-0.2, -0.15) is 0 Å². The van der Waals surface area contributed by atoms with E-state index in [1.807, 2.05) is 62.4 Å². The van der Waals surface area contributed by atoms with Crippen LogP contribution in [0.4, 0.5) is 5.69 Å². The molecule has 112 valence electrons. The van der Waals surface area contributed by atoms with Gasteiger partial charge < -0.3 is 15.2 Å². The summed E-state index contributed by atoms with van der Waals surface area (Å²) in [6, 6.07) is 15.0. The van der Waals surface area contributed by atoms with Crippen molar-refractivity contribution in [3.05, 3.63) is 48.5 Å². The first-order chi connectivity index (χ1) is 10.6. The minimum absolute atomic E-state index is 0.0771. The molecule has 0 aliphatic rings. The van der Waals surface area contributed by atoms with Crippen molar-refractivity contribution in [1.82, 2.24) is 0 Å². The number of rotatable bonds is 4.